The lowest BCUT2D eigenvalue weighted by molar-refractivity contribution is 0.0786. The molecule has 2 heterocycles. The van der Waals surface area contributed by atoms with Crippen molar-refractivity contribution in [3.63, 3.8) is 0 Å². The zero-order valence-electron chi connectivity index (χ0n) is 12.0. The highest BCUT2D eigenvalue weighted by Crippen LogP contribution is 2.16. The van der Waals surface area contributed by atoms with Crippen molar-refractivity contribution in [1.82, 2.24) is 14.9 Å². The minimum Gasteiger partial charge on any atom is -0.336 e. The van der Waals surface area contributed by atoms with E-state index in [1.54, 1.807) is 47.3 Å². The third-order valence-corrected chi connectivity index (χ3v) is 3.87. The fraction of sp³-hybridized carbons (Fsp3) is 0.267. The standard InChI is InChI=1S/C15H16N4OS/c1-11-14(21-10-18-11)9-19(2)15(20)13-5-7-17-8-12(13)4-3-6-16/h5,7-8,10H,6,9,16H2,1-2H3. The van der Waals surface area contributed by atoms with Gasteiger partial charge in [-0.3, -0.25) is 9.78 Å². The van der Waals surface area contributed by atoms with Gasteiger partial charge in [-0.25, -0.2) is 4.98 Å². The number of carbonyl (C=O) groups is 1. The SMILES string of the molecule is Cc1ncsc1CN(C)C(=O)c1ccncc1C#CCN. The number of nitrogens with two attached hydrogens (primary N) is 1. The van der Waals surface area contributed by atoms with E-state index in [-0.39, 0.29) is 12.5 Å². The summed E-state index contributed by atoms with van der Waals surface area (Å²) < 4.78 is 0. The quantitative estimate of drug-likeness (QED) is 0.870. The average molecular weight is 300 g/mol. The fourth-order valence-corrected chi connectivity index (χ4v) is 2.63. The molecule has 6 heteroatoms. The summed E-state index contributed by atoms with van der Waals surface area (Å²) in [6, 6.07) is 1.68. The predicted molar refractivity (Wildman–Crippen MR) is 82.8 cm³/mol. The molecule has 0 atom stereocenters. The topological polar surface area (TPSA) is 72.1 Å². The van der Waals surface area contributed by atoms with E-state index in [2.05, 4.69) is 21.8 Å². The second-order valence-corrected chi connectivity index (χ2v) is 5.39. The molecule has 0 radical (unpaired) electrons. The van der Waals surface area contributed by atoms with Gasteiger partial charge in [0.15, 0.2) is 0 Å². The number of aryl methyl sites for hydroxylation is 1. The molecule has 0 aliphatic heterocycles. The first-order chi connectivity index (χ1) is 10.1. The molecule has 0 aromatic carbocycles. The third kappa shape index (κ3) is 3.66. The maximum atomic E-state index is 12.5. The minimum absolute atomic E-state index is 0.0912. The number of carbonyl (C=O) groups excluding carboxylic acids is 1. The zero-order chi connectivity index (χ0) is 15.2. The molecule has 0 saturated heterocycles. The molecule has 21 heavy (non-hydrogen) atoms. The molecule has 0 spiro atoms. The summed E-state index contributed by atoms with van der Waals surface area (Å²) in [4.78, 5) is 23.5. The minimum atomic E-state index is -0.0912. The van der Waals surface area contributed by atoms with E-state index in [1.165, 1.54) is 0 Å². The number of rotatable bonds is 3. The largest absolute Gasteiger partial charge is 0.336 e. The van der Waals surface area contributed by atoms with Crippen LogP contribution >= 0.6 is 11.3 Å². The van der Waals surface area contributed by atoms with E-state index < -0.39 is 0 Å². The Morgan fingerprint density at radius 2 is 2.33 bits per heavy atom. The molecule has 1 amide bonds. The highest BCUT2D eigenvalue weighted by Gasteiger charge is 2.16. The highest BCUT2D eigenvalue weighted by atomic mass is 32.1. The van der Waals surface area contributed by atoms with Crippen LogP contribution in [0.2, 0.25) is 0 Å². The van der Waals surface area contributed by atoms with Gasteiger partial charge in [0.05, 0.1) is 35.4 Å². The average Bonchev–Trinajstić information content (AvgIpc) is 2.90. The molecule has 0 aliphatic rings. The van der Waals surface area contributed by atoms with Crippen LogP contribution in [0.15, 0.2) is 24.0 Å². The zero-order valence-corrected chi connectivity index (χ0v) is 12.8. The smallest absolute Gasteiger partial charge is 0.255 e. The summed E-state index contributed by atoms with van der Waals surface area (Å²) in [5.41, 5.74) is 9.25. The molecule has 5 nitrogen and oxygen atoms in total. The molecule has 0 aliphatic carbocycles. The summed E-state index contributed by atoms with van der Waals surface area (Å²) in [6.45, 7) is 2.72. The van der Waals surface area contributed by atoms with Crippen molar-refractivity contribution in [3.05, 3.63) is 45.7 Å². The monoisotopic (exact) mass is 300 g/mol. The summed E-state index contributed by atoms with van der Waals surface area (Å²) >= 11 is 1.55. The Morgan fingerprint density at radius 1 is 1.52 bits per heavy atom. The van der Waals surface area contributed by atoms with E-state index in [1.807, 2.05) is 6.92 Å². The third-order valence-electron chi connectivity index (χ3n) is 2.95. The number of thiazole rings is 1. The fourth-order valence-electron chi connectivity index (χ4n) is 1.80. The van der Waals surface area contributed by atoms with Crippen LogP contribution in [0.25, 0.3) is 0 Å². The molecule has 0 saturated carbocycles. The van der Waals surface area contributed by atoms with E-state index in [0.717, 1.165) is 10.6 Å². The van der Waals surface area contributed by atoms with Crippen LogP contribution in [0.3, 0.4) is 0 Å². The maximum Gasteiger partial charge on any atom is 0.255 e. The van der Waals surface area contributed by atoms with E-state index >= 15 is 0 Å². The Labute approximate surface area is 127 Å². The van der Waals surface area contributed by atoms with Crippen molar-refractivity contribution in [2.75, 3.05) is 13.6 Å². The summed E-state index contributed by atoms with van der Waals surface area (Å²) in [5.74, 6) is 5.55. The van der Waals surface area contributed by atoms with Gasteiger partial charge in [-0.2, -0.15) is 0 Å². The molecular formula is C15H16N4OS. The molecule has 2 rings (SSSR count). The van der Waals surface area contributed by atoms with Crippen molar-refractivity contribution >= 4 is 17.2 Å². The van der Waals surface area contributed by atoms with Crippen LogP contribution in [0.5, 0.6) is 0 Å². The predicted octanol–water partition coefficient (Wildman–Crippen LogP) is 1.43. The highest BCUT2D eigenvalue weighted by molar-refractivity contribution is 7.09. The number of amides is 1. The molecule has 108 valence electrons. The number of hydrogen-bond donors (Lipinski definition) is 1. The summed E-state index contributed by atoms with van der Waals surface area (Å²) in [5, 5.41) is 0. The Hall–Kier alpha value is -2.23. The van der Waals surface area contributed by atoms with Gasteiger partial charge in [0.25, 0.3) is 5.91 Å². The van der Waals surface area contributed by atoms with Gasteiger partial charge in [0, 0.05) is 24.3 Å². The molecular weight excluding hydrogens is 284 g/mol. The van der Waals surface area contributed by atoms with Crippen LogP contribution in [0, 0.1) is 18.8 Å². The van der Waals surface area contributed by atoms with Gasteiger partial charge in [-0.1, -0.05) is 11.8 Å². The lowest BCUT2D eigenvalue weighted by Crippen LogP contribution is -2.27. The van der Waals surface area contributed by atoms with Gasteiger partial charge in [-0.15, -0.1) is 11.3 Å². The van der Waals surface area contributed by atoms with Crippen molar-refractivity contribution in [1.29, 1.82) is 0 Å². The van der Waals surface area contributed by atoms with E-state index in [9.17, 15) is 4.79 Å². The van der Waals surface area contributed by atoms with Crippen molar-refractivity contribution in [2.45, 2.75) is 13.5 Å². The van der Waals surface area contributed by atoms with E-state index in [4.69, 9.17) is 5.73 Å². The molecule has 0 bridgehead atoms. The van der Waals surface area contributed by atoms with Gasteiger partial charge >= 0.3 is 0 Å². The molecule has 2 N–H and O–H groups in total. The van der Waals surface area contributed by atoms with Crippen molar-refractivity contribution < 1.29 is 4.79 Å². The molecule has 0 unspecified atom stereocenters. The van der Waals surface area contributed by atoms with Crippen molar-refractivity contribution in [3.8, 4) is 11.8 Å². The summed E-state index contributed by atoms with van der Waals surface area (Å²) in [6.07, 6.45) is 3.17. The van der Waals surface area contributed by atoms with Crippen molar-refractivity contribution in [2.24, 2.45) is 5.73 Å². The Kier molecular flexibility index (Phi) is 5.04. The second-order valence-electron chi connectivity index (χ2n) is 4.45. The number of nitrogens with zero attached hydrogens (tertiary/aromatic N) is 3. The van der Waals surface area contributed by atoms with Crippen LogP contribution in [-0.2, 0) is 6.54 Å². The first-order valence-electron chi connectivity index (χ1n) is 6.41. The van der Waals surface area contributed by atoms with Gasteiger partial charge in [-0.05, 0) is 13.0 Å². The summed E-state index contributed by atoms with van der Waals surface area (Å²) in [7, 11) is 1.77. The van der Waals surface area contributed by atoms with Gasteiger partial charge < -0.3 is 10.6 Å². The van der Waals surface area contributed by atoms with Crippen LogP contribution in [-0.4, -0.2) is 34.4 Å². The molecule has 2 aromatic rings. The normalized spacial score (nSPS) is 9.86. The molecule has 2 aromatic heterocycles. The Balaban J connectivity index is 2.21. The van der Waals surface area contributed by atoms with Crippen LogP contribution in [0.1, 0.15) is 26.5 Å². The Morgan fingerprint density at radius 3 is 3.00 bits per heavy atom. The van der Waals surface area contributed by atoms with Gasteiger partial charge in [0.2, 0.25) is 0 Å². The van der Waals surface area contributed by atoms with E-state index in [0.29, 0.717) is 17.7 Å². The van der Waals surface area contributed by atoms with Gasteiger partial charge in [0.1, 0.15) is 0 Å². The Bertz CT molecular complexity index is 699. The first-order valence-corrected chi connectivity index (χ1v) is 7.28. The number of aromatic nitrogens is 2. The molecule has 0 fully saturated rings. The lowest BCUT2D eigenvalue weighted by atomic mass is 10.1. The van der Waals surface area contributed by atoms with Crippen LogP contribution in [0.4, 0.5) is 0 Å². The lowest BCUT2D eigenvalue weighted by Gasteiger charge is -2.17. The number of hydrogen-bond acceptors (Lipinski definition) is 5. The first kappa shape index (κ1) is 15.2. The maximum absolute atomic E-state index is 12.5. The number of pyridine rings is 1. The second kappa shape index (κ2) is 6.97. The van der Waals surface area contributed by atoms with Crippen LogP contribution < -0.4 is 5.73 Å².